The summed E-state index contributed by atoms with van der Waals surface area (Å²) in [5, 5.41) is 57.7. The quantitative estimate of drug-likeness (QED) is 0.0277. The molecule has 4 aromatic rings. The van der Waals surface area contributed by atoms with Crippen LogP contribution >= 0.6 is 0 Å². The Kier molecular flexibility index (Phi) is 30.4. The Bertz CT molecular complexity index is 2910. The zero-order valence-corrected chi connectivity index (χ0v) is 54.5. The number of hydrogen-bond donors (Lipinski definition) is 8. The van der Waals surface area contributed by atoms with Gasteiger partial charge in [0.1, 0.15) is 36.2 Å². The highest BCUT2D eigenvalue weighted by Crippen LogP contribution is 2.48. The van der Waals surface area contributed by atoms with Gasteiger partial charge in [-0.05, 0) is 85.6 Å². The number of carbonyl (C=O) groups is 3. The maximum atomic E-state index is 14.1. The molecule has 0 aliphatic carbocycles. The van der Waals surface area contributed by atoms with Gasteiger partial charge in [0.15, 0.2) is 6.29 Å². The van der Waals surface area contributed by atoms with Crippen LogP contribution in [0.3, 0.4) is 0 Å². The molecular formula is C68H101N9O15. The van der Waals surface area contributed by atoms with Crippen molar-refractivity contribution in [3.63, 3.8) is 0 Å². The monoisotopic (exact) mass is 1280 g/mol. The van der Waals surface area contributed by atoms with Crippen molar-refractivity contribution in [3.8, 4) is 0 Å². The van der Waals surface area contributed by atoms with Gasteiger partial charge in [0.05, 0.1) is 111 Å². The van der Waals surface area contributed by atoms with Crippen LogP contribution < -0.4 is 31.5 Å². The number of rotatable bonds is 43. The Morgan fingerprint density at radius 1 is 0.696 bits per heavy atom. The largest absolute Gasteiger partial charge is 0.394 e. The zero-order chi connectivity index (χ0) is 65.7. The molecule has 1 aromatic heterocycles. The maximum absolute atomic E-state index is 14.1. The van der Waals surface area contributed by atoms with Gasteiger partial charge in [0, 0.05) is 73.1 Å². The molecule has 3 aromatic carbocycles. The molecule has 3 aliphatic rings. The van der Waals surface area contributed by atoms with Crippen LogP contribution in [0.5, 0.6) is 0 Å². The number of unbranched alkanes of at least 4 members (excludes halogenated alkanes) is 3. The molecule has 0 saturated carbocycles. The van der Waals surface area contributed by atoms with Gasteiger partial charge in [-0.25, -0.2) is 4.68 Å². The molecule has 92 heavy (non-hydrogen) atoms. The van der Waals surface area contributed by atoms with Crippen LogP contribution in [0, 0.1) is 0 Å². The van der Waals surface area contributed by atoms with Crippen molar-refractivity contribution in [2.45, 2.75) is 146 Å². The molecule has 7 atom stereocenters. The molecule has 24 heteroatoms. The zero-order valence-electron chi connectivity index (χ0n) is 54.5. The third-order valence-electron chi connectivity index (χ3n) is 17.0. The summed E-state index contributed by atoms with van der Waals surface area (Å²) in [7, 11) is 2.15. The average molecular weight is 1280 g/mol. The van der Waals surface area contributed by atoms with Gasteiger partial charge in [-0.2, -0.15) is 0 Å². The standard InChI is InChI=1S/C68H101N9O15/c1-67(2)52-16-8-10-18-54(52)75(5)58(67)21-15-22-59-68(3,4)53-17-9-11-19-55(53)76(59)32-14-6-7-23-60(79)71-46-51-47-77(74-73-51)56(65(84)72-50-26-24-49(25-27-50)28-34-91-66-64(83)63(82)62(81)57(48-78)92-66)20-12-13-31-70-61(80)29-33-85-36-38-87-40-42-89-44-45-90-43-41-88-39-37-86-35-30-69/h8-11,15-19,21-22,24-27,47,56-57,59,62-64,66,78,81-83H,6-7,12-14,20,23,28-46,48,69H2,1-5H3,(H,70,80)(H,71,79)(H,72,84)/b22-15+,58-21+/t56-,57+,59?,62+,63-,64+,66+/m0/s1. The van der Waals surface area contributed by atoms with Gasteiger partial charge in [-0.1, -0.05) is 100 Å². The molecule has 7 rings (SSSR count). The number of likely N-dealkylation sites (N-methyl/N-ethyl adjacent to an activating group) is 1. The van der Waals surface area contributed by atoms with Crippen LogP contribution in [0.1, 0.15) is 107 Å². The second-order valence-corrected chi connectivity index (χ2v) is 24.4. The van der Waals surface area contributed by atoms with E-state index in [1.807, 2.05) is 12.1 Å². The van der Waals surface area contributed by atoms with Crippen LogP contribution in [0.25, 0.3) is 0 Å². The number of aliphatic hydroxyl groups excluding tert-OH is 4. The van der Waals surface area contributed by atoms with Gasteiger partial charge in [-0.15, -0.1) is 5.10 Å². The second-order valence-electron chi connectivity index (χ2n) is 24.4. The number of benzene rings is 3. The van der Waals surface area contributed by atoms with Crippen molar-refractivity contribution in [1.82, 2.24) is 25.6 Å². The SMILES string of the molecule is CN1/C(=C/C=C/C2N(CCCCCC(=O)NCc3cn([C@@H](CCCCNC(=O)CCOCCOCCOCCOCCOCCOCCN)C(=O)Nc4ccc(CCO[C@@H]5O[C@H](CO)[C@@H](O)[C@H](O)[C@H]5O)cc4)nn3)c3ccccc3C2(C)C)C(C)(C)c2ccccc21. The Morgan fingerprint density at radius 2 is 1.32 bits per heavy atom. The van der Waals surface area contributed by atoms with Crippen molar-refractivity contribution >= 4 is 34.8 Å². The van der Waals surface area contributed by atoms with Crippen molar-refractivity contribution in [1.29, 1.82) is 0 Å². The highest BCUT2D eigenvalue weighted by atomic mass is 16.7. The molecule has 9 N–H and O–H groups in total. The summed E-state index contributed by atoms with van der Waals surface area (Å²) in [6, 6.07) is 23.8. The fourth-order valence-electron chi connectivity index (χ4n) is 11.8. The van der Waals surface area contributed by atoms with Crippen LogP contribution in [-0.2, 0) is 76.1 Å². The number of ether oxygens (including phenoxy) is 8. The topological polar surface area (TPSA) is 305 Å². The number of allylic oxidation sites excluding steroid dienone is 3. The molecule has 4 heterocycles. The Morgan fingerprint density at radius 3 is 1.97 bits per heavy atom. The van der Waals surface area contributed by atoms with E-state index < -0.39 is 43.4 Å². The van der Waals surface area contributed by atoms with Crippen LogP contribution in [0.15, 0.2) is 103 Å². The van der Waals surface area contributed by atoms with Crippen LogP contribution in [0.2, 0.25) is 0 Å². The molecule has 24 nitrogen and oxygen atoms in total. The summed E-state index contributed by atoms with van der Waals surface area (Å²) < 4.78 is 45.4. The van der Waals surface area contributed by atoms with E-state index in [0.29, 0.717) is 129 Å². The number of aliphatic hydroxyl groups is 4. The number of nitrogens with two attached hydrogens (primary N) is 1. The number of carbonyl (C=O) groups excluding carboxylic acids is 3. The number of aromatic nitrogens is 3. The first-order valence-corrected chi connectivity index (χ1v) is 32.6. The minimum absolute atomic E-state index is 0.0940. The van der Waals surface area contributed by atoms with Gasteiger partial charge in [-0.3, -0.25) is 14.4 Å². The number of para-hydroxylation sites is 2. The summed E-state index contributed by atoms with van der Waals surface area (Å²) >= 11 is 0. The van der Waals surface area contributed by atoms with E-state index >= 15 is 0 Å². The highest BCUT2D eigenvalue weighted by Gasteiger charge is 2.45. The lowest BCUT2D eigenvalue weighted by atomic mass is 9.80. The van der Waals surface area contributed by atoms with E-state index in [9.17, 15) is 34.8 Å². The van der Waals surface area contributed by atoms with Crippen molar-refractivity contribution < 1.29 is 72.7 Å². The molecule has 3 amide bonds. The Hall–Kier alpha value is -6.23. The third-order valence-corrected chi connectivity index (χ3v) is 17.0. The van der Waals surface area contributed by atoms with E-state index in [0.717, 1.165) is 31.4 Å². The average Bonchev–Trinajstić information content (AvgIpc) is 1.61. The lowest BCUT2D eigenvalue weighted by Gasteiger charge is -2.39. The van der Waals surface area contributed by atoms with Gasteiger partial charge in [0.2, 0.25) is 17.7 Å². The number of nitrogens with one attached hydrogen (secondary N) is 3. The van der Waals surface area contributed by atoms with Crippen LogP contribution in [0.4, 0.5) is 17.1 Å². The molecular weight excluding hydrogens is 1180 g/mol. The molecule has 0 radical (unpaired) electrons. The molecule has 0 bridgehead atoms. The predicted molar refractivity (Wildman–Crippen MR) is 349 cm³/mol. The number of amides is 3. The summed E-state index contributed by atoms with van der Waals surface area (Å²) in [6.45, 7) is 15.8. The first-order chi connectivity index (χ1) is 44.5. The highest BCUT2D eigenvalue weighted by molar-refractivity contribution is 5.93. The van der Waals surface area contributed by atoms with Crippen molar-refractivity contribution in [2.75, 3.05) is 134 Å². The molecule has 1 fully saturated rings. The third kappa shape index (κ3) is 21.7. The maximum Gasteiger partial charge on any atom is 0.249 e. The summed E-state index contributed by atoms with van der Waals surface area (Å²) in [6.07, 6.45) is 6.63. The minimum Gasteiger partial charge on any atom is -0.394 e. The minimum atomic E-state index is -1.54. The summed E-state index contributed by atoms with van der Waals surface area (Å²) in [5.41, 5.74) is 13.4. The number of anilines is 3. The summed E-state index contributed by atoms with van der Waals surface area (Å²) in [5.74, 6) is -0.587. The Labute approximate surface area is 542 Å². The fourth-order valence-corrected chi connectivity index (χ4v) is 11.8. The normalized spacial score (nSPS) is 20.6. The molecule has 1 saturated heterocycles. The smallest absolute Gasteiger partial charge is 0.249 e. The van der Waals surface area contributed by atoms with Crippen molar-refractivity contribution in [3.05, 3.63) is 125 Å². The van der Waals surface area contributed by atoms with Crippen LogP contribution in [-0.4, -0.2) is 209 Å². The van der Waals surface area contributed by atoms with E-state index in [1.54, 1.807) is 18.3 Å². The molecule has 0 spiro atoms. The molecule has 508 valence electrons. The molecule has 3 aliphatic heterocycles. The number of hydrogen-bond acceptors (Lipinski definition) is 20. The summed E-state index contributed by atoms with van der Waals surface area (Å²) in [4.78, 5) is 44.8. The number of fused-ring (bicyclic) bond motifs is 2. The van der Waals surface area contributed by atoms with E-state index in [-0.39, 0.29) is 60.8 Å². The van der Waals surface area contributed by atoms with Gasteiger partial charge >= 0.3 is 0 Å². The lowest BCUT2D eigenvalue weighted by molar-refractivity contribution is -0.300. The number of nitrogens with zero attached hydrogens (tertiary/aromatic N) is 5. The second kappa shape index (κ2) is 38.2. The van der Waals surface area contributed by atoms with E-state index in [2.05, 4.69) is 138 Å². The van der Waals surface area contributed by atoms with Gasteiger partial charge in [0.25, 0.3) is 0 Å². The Balaban J connectivity index is 0.831. The first-order valence-electron chi connectivity index (χ1n) is 32.6. The van der Waals surface area contributed by atoms with Crippen molar-refractivity contribution in [2.24, 2.45) is 5.73 Å². The fraction of sp³-hybridized carbons (Fsp3) is 0.603. The van der Waals surface area contributed by atoms with E-state index in [1.165, 1.54) is 32.9 Å². The van der Waals surface area contributed by atoms with Gasteiger partial charge < -0.3 is 89.8 Å². The first kappa shape index (κ1) is 73.2. The van der Waals surface area contributed by atoms with E-state index in [4.69, 9.17) is 43.6 Å². The lowest BCUT2D eigenvalue weighted by Crippen LogP contribution is -2.59. The molecule has 1 unspecified atom stereocenters. The predicted octanol–water partition coefficient (Wildman–Crippen LogP) is 4.76.